The molecule has 0 aromatic heterocycles. The Morgan fingerprint density at radius 3 is 2.58 bits per heavy atom. The number of ether oxygens (including phenoxy) is 1. The number of unbranched alkanes of at least 4 members (excludes halogenated alkanes) is 1. The fourth-order valence-electron chi connectivity index (χ4n) is 1.99. The Morgan fingerprint density at radius 2 is 2.00 bits per heavy atom. The predicted octanol–water partition coefficient (Wildman–Crippen LogP) is 5.08. The van der Waals surface area contributed by atoms with Gasteiger partial charge in [-0.15, -0.1) is 0 Å². The Kier molecular flexibility index (Phi) is 7.59. The van der Waals surface area contributed by atoms with Gasteiger partial charge in [-0.25, -0.2) is 0 Å². The largest absolute Gasteiger partial charge is 0.491 e. The molecule has 2 nitrogen and oxygen atoms in total. The molecule has 0 bridgehead atoms. The van der Waals surface area contributed by atoms with Crippen LogP contribution in [0, 0.1) is 5.92 Å². The molecule has 0 spiro atoms. The Labute approximate surface area is 125 Å². The maximum absolute atomic E-state index is 9.33. The van der Waals surface area contributed by atoms with Crippen molar-refractivity contribution >= 4 is 23.2 Å². The van der Waals surface area contributed by atoms with Crippen molar-refractivity contribution in [3.63, 3.8) is 0 Å². The summed E-state index contributed by atoms with van der Waals surface area (Å²) in [6.07, 6.45) is 4.65. The van der Waals surface area contributed by atoms with Gasteiger partial charge in [-0.3, -0.25) is 0 Å². The van der Waals surface area contributed by atoms with Crippen LogP contribution >= 0.6 is 23.2 Å². The highest BCUT2D eigenvalue weighted by molar-refractivity contribution is 6.35. The summed E-state index contributed by atoms with van der Waals surface area (Å²) in [7, 11) is 0. The van der Waals surface area contributed by atoms with Crippen LogP contribution in [0.25, 0.3) is 0 Å². The number of halogens is 2. The molecule has 0 saturated heterocycles. The second-order valence-electron chi connectivity index (χ2n) is 4.76. The molecule has 0 aliphatic carbocycles. The lowest BCUT2D eigenvalue weighted by molar-refractivity contribution is 0.221. The fourth-order valence-corrected chi connectivity index (χ4v) is 2.58. The van der Waals surface area contributed by atoms with E-state index in [1.54, 1.807) is 12.1 Å². The second-order valence-corrected chi connectivity index (χ2v) is 5.61. The van der Waals surface area contributed by atoms with E-state index < -0.39 is 0 Å². The molecule has 0 aliphatic rings. The smallest absolute Gasteiger partial charge is 0.143 e. The molecule has 0 fully saturated rings. The van der Waals surface area contributed by atoms with E-state index in [2.05, 4.69) is 13.8 Å². The molecule has 1 N–H and O–H groups in total. The van der Waals surface area contributed by atoms with Crippen molar-refractivity contribution in [1.82, 2.24) is 0 Å². The molecular formula is C15H22Cl2O2. The first-order chi connectivity index (χ1) is 9.12. The summed E-state index contributed by atoms with van der Waals surface area (Å²) >= 11 is 12.0. The van der Waals surface area contributed by atoms with Gasteiger partial charge in [-0.1, -0.05) is 56.3 Å². The zero-order valence-electron chi connectivity index (χ0n) is 11.6. The van der Waals surface area contributed by atoms with Crippen LogP contribution in [0.15, 0.2) is 12.1 Å². The van der Waals surface area contributed by atoms with Gasteiger partial charge in [0.15, 0.2) is 0 Å². The second kappa shape index (κ2) is 8.68. The Bertz CT molecular complexity index is 394. The number of hydrogen-bond acceptors (Lipinski definition) is 2. The van der Waals surface area contributed by atoms with Gasteiger partial charge in [-0.2, -0.15) is 0 Å². The topological polar surface area (TPSA) is 29.5 Å². The highest BCUT2D eigenvalue weighted by Gasteiger charge is 2.13. The highest BCUT2D eigenvalue weighted by Crippen LogP contribution is 2.33. The van der Waals surface area contributed by atoms with Crippen LogP contribution in [0.4, 0.5) is 0 Å². The van der Waals surface area contributed by atoms with Gasteiger partial charge in [0.2, 0.25) is 0 Å². The molecule has 0 radical (unpaired) electrons. The minimum absolute atomic E-state index is 0.124. The summed E-state index contributed by atoms with van der Waals surface area (Å²) in [6.45, 7) is 4.86. The first-order valence-corrected chi connectivity index (χ1v) is 7.59. The van der Waals surface area contributed by atoms with E-state index in [4.69, 9.17) is 27.9 Å². The van der Waals surface area contributed by atoms with E-state index in [1.807, 2.05) is 0 Å². The van der Waals surface area contributed by atoms with E-state index in [0.717, 1.165) is 12.8 Å². The molecule has 1 aromatic carbocycles. The van der Waals surface area contributed by atoms with Gasteiger partial charge < -0.3 is 9.84 Å². The highest BCUT2D eigenvalue weighted by atomic mass is 35.5. The van der Waals surface area contributed by atoms with Crippen LogP contribution in [0.1, 0.15) is 45.1 Å². The summed E-state index contributed by atoms with van der Waals surface area (Å²) in [5.74, 6) is 1.08. The molecule has 0 aliphatic heterocycles. The average Bonchev–Trinajstić information content (AvgIpc) is 2.40. The van der Waals surface area contributed by atoms with Crippen LogP contribution in [0.3, 0.4) is 0 Å². The summed E-state index contributed by atoms with van der Waals surface area (Å²) < 4.78 is 5.81. The van der Waals surface area contributed by atoms with Crippen molar-refractivity contribution in [2.75, 3.05) is 6.61 Å². The Morgan fingerprint density at radius 1 is 1.26 bits per heavy atom. The third kappa shape index (κ3) is 5.21. The standard InChI is InChI=1S/C15H22Cl2O2/c1-3-5-6-11(4-2)10-19-15-12(9-18)7-13(16)8-14(15)17/h7-8,11,18H,3-6,9-10H2,1-2H3. The quantitative estimate of drug-likeness (QED) is 0.725. The van der Waals surface area contributed by atoms with Crippen molar-refractivity contribution in [3.05, 3.63) is 27.7 Å². The lowest BCUT2D eigenvalue weighted by Crippen LogP contribution is -2.12. The van der Waals surface area contributed by atoms with Crippen LogP contribution in [0.5, 0.6) is 5.75 Å². The maximum atomic E-state index is 9.33. The number of hydrogen-bond donors (Lipinski definition) is 1. The van der Waals surface area contributed by atoms with E-state index >= 15 is 0 Å². The van der Waals surface area contributed by atoms with Crippen LogP contribution in [-0.2, 0) is 6.61 Å². The van der Waals surface area contributed by atoms with Gasteiger partial charge in [0.1, 0.15) is 5.75 Å². The van der Waals surface area contributed by atoms with E-state index in [1.165, 1.54) is 12.8 Å². The van der Waals surface area contributed by atoms with Crippen molar-refractivity contribution in [2.45, 2.75) is 46.1 Å². The third-order valence-electron chi connectivity index (χ3n) is 3.26. The van der Waals surface area contributed by atoms with Crippen molar-refractivity contribution < 1.29 is 9.84 Å². The number of rotatable bonds is 8. The number of aliphatic hydroxyl groups excluding tert-OH is 1. The Balaban J connectivity index is 2.70. The predicted molar refractivity (Wildman–Crippen MR) is 81.2 cm³/mol. The molecule has 0 saturated carbocycles. The summed E-state index contributed by atoms with van der Waals surface area (Å²) in [5, 5.41) is 10.3. The molecule has 19 heavy (non-hydrogen) atoms. The zero-order valence-corrected chi connectivity index (χ0v) is 13.1. The third-order valence-corrected chi connectivity index (χ3v) is 3.76. The number of aliphatic hydroxyl groups is 1. The number of benzene rings is 1. The first kappa shape index (κ1) is 16.6. The average molecular weight is 305 g/mol. The summed E-state index contributed by atoms with van der Waals surface area (Å²) in [4.78, 5) is 0. The van der Waals surface area contributed by atoms with Crippen molar-refractivity contribution in [3.8, 4) is 5.75 Å². The van der Waals surface area contributed by atoms with Crippen molar-refractivity contribution in [2.24, 2.45) is 5.92 Å². The molecule has 0 heterocycles. The maximum Gasteiger partial charge on any atom is 0.143 e. The van der Waals surface area contributed by atoms with Gasteiger partial charge in [0.05, 0.1) is 18.2 Å². The molecule has 1 aromatic rings. The lowest BCUT2D eigenvalue weighted by Gasteiger charge is -2.18. The molecule has 4 heteroatoms. The lowest BCUT2D eigenvalue weighted by atomic mass is 10.0. The normalized spacial score (nSPS) is 12.5. The van der Waals surface area contributed by atoms with Crippen molar-refractivity contribution in [1.29, 1.82) is 0 Å². The van der Waals surface area contributed by atoms with Crippen LogP contribution in [0.2, 0.25) is 10.0 Å². The summed E-state index contributed by atoms with van der Waals surface area (Å²) in [6, 6.07) is 3.33. The summed E-state index contributed by atoms with van der Waals surface area (Å²) in [5.41, 5.74) is 0.642. The zero-order chi connectivity index (χ0) is 14.3. The molecule has 1 rings (SSSR count). The van der Waals surface area contributed by atoms with E-state index in [-0.39, 0.29) is 6.61 Å². The van der Waals surface area contributed by atoms with Crippen LogP contribution in [-0.4, -0.2) is 11.7 Å². The molecular weight excluding hydrogens is 283 g/mol. The SMILES string of the molecule is CCCCC(CC)COc1c(Cl)cc(Cl)cc1CO. The van der Waals surface area contributed by atoms with Crippen LogP contribution < -0.4 is 4.74 Å². The van der Waals surface area contributed by atoms with Gasteiger partial charge in [0.25, 0.3) is 0 Å². The van der Waals surface area contributed by atoms with Gasteiger partial charge in [-0.05, 0) is 24.5 Å². The fraction of sp³-hybridized carbons (Fsp3) is 0.600. The molecule has 1 unspecified atom stereocenters. The van der Waals surface area contributed by atoms with Gasteiger partial charge >= 0.3 is 0 Å². The molecule has 1 atom stereocenters. The molecule has 108 valence electrons. The van der Waals surface area contributed by atoms with Gasteiger partial charge in [0, 0.05) is 10.6 Å². The Hall–Kier alpha value is -0.440. The molecule has 0 amide bonds. The minimum Gasteiger partial charge on any atom is -0.491 e. The van der Waals surface area contributed by atoms with E-state index in [0.29, 0.717) is 33.9 Å². The monoisotopic (exact) mass is 304 g/mol. The minimum atomic E-state index is -0.124. The first-order valence-electron chi connectivity index (χ1n) is 6.83. The van der Waals surface area contributed by atoms with E-state index in [9.17, 15) is 5.11 Å².